The second-order valence-corrected chi connectivity index (χ2v) is 9.39. The predicted molar refractivity (Wildman–Crippen MR) is 127 cm³/mol. The summed E-state index contributed by atoms with van der Waals surface area (Å²) in [6.07, 6.45) is 18.6. The predicted octanol–water partition coefficient (Wildman–Crippen LogP) is 6.18. The molecule has 0 bridgehead atoms. The standard InChI is InChI=1S/C26H45NO6/c1-22(2)32-25(30)18-16-14-12-10-8-6-4-3-5-7-9-11-13-15-17-19-26(31)33-27-23(28)20-21-24(27)29/h22H,3-21H2,1-2H3. The van der Waals surface area contributed by atoms with Gasteiger partial charge < -0.3 is 9.57 Å². The van der Waals surface area contributed by atoms with Gasteiger partial charge in [-0.1, -0.05) is 83.5 Å². The first-order chi connectivity index (χ1) is 15.9. The van der Waals surface area contributed by atoms with Gasteiger partial charge in [0.25, 0.3) is 11.8 Å². The minimum atomic E-state index is -0.495. The molecule has 33 heavy (non-hydrogen) atoms. The summed E-state index contributed by atoms with van der Waals surface area (Å²) in [7, 11) is 0. The van der Waals surface area contributed by atoms with Crippen molar-refractivity contribution in [1.29, 1.82) is 0 Å². The summed E-state index contributed by atoms with van der Waals surface area (Å²) in [5.74, 6) is -1.41. The lowest BCUT2D eigenvalue weighted by Gasteiger charge is -2.12. The summed E-state index contributed by atoms with van der Waals surface area (Å²) in [4.78, 5) is 50.8. The summed E-state index contributed by atoms with van der Waals surface area (Å²) < 4.78 is 5.13. The number of carbonyl (C=O) groups excluding carboxylic acids is 4. The summed E-state index contributed by atoms with van der Waals surface area (Å²) in [5, 5.41) is 0.622. The van der Waals surface area contributed by atoms with Crippen molar-refractivity contribution in [2.24, 2.45) is 0 Å². The van der Waals surface area contributed by atoms with Crippen LogP contribution in [0.5, 0.6) is 0 Å². The van der Waals surface area contributed by atoms with Crippen LogP contribution in [0.2, 0.25) is 0 Å². The minimum absolute atomic E-state index is 0.0101. The van der Waals surface area contributed by atoms with Gasteiger partial charge in [0.15, 0.2) is 0 Å². The molecule has 1 rings (SSSR count). The number of imide groups is 1. The highest BCUT2D eigenvalue weighted by Crippen LogP contribution is 2.16. The molecule has 0 aromatic heterocycles. The van der Waals surface area contributed by atoms with Crippen LogP contribution in [0.15, 0.2) is 0 Å². The smallest absolute Gasteiger partial charge is 0.333 e. The first kappa shape index (κ1) is 29.1. The molecule has 7 nitrogen and oxygen atoms in total. The topological polar surface area (TPSA) is 90.0 Å². The monoisotopic (exact) mass is 467 g/mol. The highest BCUT2D eigenvalue weighted by atomic mass is 16.7. The third kappa shape index (κ3) is 15.5. The van der Waals surface area contributed by atoms with Gasteiger partial charge in [0.1, 0.15) is 0 Å². The second-order valence-electron chi connectivity index (χ2n) is 9.39. The van der Waals surface area contributed by atoms with Crippen LogP contribution in [0.3, 0.4) is 0 Å². The molecular weight excluding hydrogens is 422 g/mol. The maximum Gasteiger partial charge on any atom is 0.333 e. The molecule has 0 aromatic rings. The molecule has 1 heterocycles. The van der Waals surface area contributed by atoms with Gasteiger partial charge in [-0.15, -0.1) is 5.06 Å². The van der Waals surface area contributed by atoms with Gasteiger partial charge >= 0.3 is 11.9 Å². The van der Waals surface area contributed by atoms with Gasteiger partial charge in [0.2, 0.25) is 0 Å². The van der Waals surface area contributed by atoms with Crippen LogP contribution < -0.4 is 0 Å². The summed E-state index contributed by atoms with van der Waals surface area (Å²) >= 11 is 0. The number of rotatable bonds is 20. The quantitative estimate of drug-likeness (QED) is 0.121. The van der Waals surface area contributed by atoms with Gasteiger partial charge in [-0.2, -0.15) is 0 Å². The molecule has 0 aromatic carbocycles. The fraction of sp³-hybridized carbons (Fsp3) is 0.846. The fourth-order valence-electron chi connectivity index (χ4n) is 3.96. The summed E-state index contributed by atoms with van der Waals surface area (Å²) in [6, 6.07) is 0. The molecule has 0 saturated carbocycles. The number of unbranched alkanes of at least 4 members (excludes halogenated alkanes) is 14. The molecule has 0 spiro atoms. The Kier molecular flexibility index (Phi) is 16.3. The number of ether oxygens (including phenoxy) is 1. The van der Waals surface area contributed by atoms with Crippen molar-refractivity contribution in [3.8, 4) is 0 Å². The minimum Gasteiger partial charge on any atom is -0.463 e. The molecule has 0 unspecified atom stereocenters. The van der Waals surface area contributed by atoms with E-state index in [0.29, 0.717) is 11.5 Å². The molecule has 0 N–H and O–H groups in total. The fourth-order valence-corrected chi connectivity index (χ4v) is 3.96. The van der Waals surface area contributed by atoms with Gasteiger partial charge in [0, 0.05) is 25.7 Å². The number of hydrogen-bond acceptors (Lipinski definition) is 6. The lowest BCUT2D eigenvalue weighted by atomic mass is 10.0. The molecule has 0 aliphatic carbocycles. The van der Waals surface area contributed by atoms with Crippen LogP contribution in [0, 0.1) is 0 Å². The maximum atomic E-state index is 11.7. The number of amides is 2. The number of carbonyl (C=O) groups is 4. The highest BCUT2D eigenvalue weighted by Gasteiger charge is 2.32. The third-order valence-corrected chi connectivity index (χ3v) is 5.83. The van der Waals surface area contributed by atoms with Crippen LogP contribution >= 0.6 is 0 Å². The Morgan fingerprint density at radius 1 is 0.636 bits per heavy atom. The average Bonchev–Trinajstić information content (AvgIpc) is 3.07. The van der Waals surface area contributed by atoms with Crippen molar-refractivity contribution in [3.63, 3.8) is 0 Å². The zero-order valence-corrected chi connectivity index (χ0v) is 20.9. The van der Waals surface area contributed by atoms with Crippen LogP contribution in [0.4, 0.5) is 0 Å². The summed E-state index contributed by atoms with van der Waals surface area (Å²) in [6.45, 7) is 3.77. The zero-order chi connectivity index (χ0) is 24.3. The molecule has 1 fully saturated rings. The number of esters is 1. The zero-order valence-electron chi connectivity index (χ0n) is 20.9. The van der Waals surface area contributed by atoms with E-state index in [0.717, 1.165) is 32.1 Å². The Labute approximate surface area is 199 Å². The first-order valence-electron chi connectivity index (χ1n) is 13.2. The SMILES string of the molecule is CC(C)OC(=O)CCCCCCCCCCCCCCCCCC(=O)ON1C(=O)CCC1=O. The van der Waals surface area contributed by atoms with Gasteiger partial charge in [0.05, 0.1) is 6.10 Å². The Morgan fingerprint density at radius 3 is 1.33 bits per heavy atom. The second kappa shape index (κ2) is 18.5. The molecule has 1 aliphatic rings. The van der Waals surface area contributed by atoms with Gasteiger partial charge in [-0.3, -0.25) is 14.4 Å². The van der Waals surface area contributed by atoms with Crippen molar-refractivity contribution in [1.82, 2.24) is 5.06 Å². The van der Waals surface area contributed by atoms with E-state index in [1.807, 2.05) is 13.8 Å². The van der Waals surface area contributed by atoms with E-state index in [4.69, 9.17) is 9.57 Å². The van der Waals surface area contributed by atoms with E-state index in [9.17, 15) is 19.2 Å². The molecule has 0 radical (unpaired) electrons. The molecule has 190 valence electrons. The van der Waals surface area contributed by atoms with E-state index < -0.39 is 17.8 Å². The number of nitrogens with zero attached hydrogens (tertiary/aromatic N) is 1. The Hall–Kier alpha value is -1.92. The van der Waals surface area contributed by atoms with Crippen LogP contribution in [0.1, 0.15) is 136 Å². The van der Waals surface area contributed by atoms with E-state index in [2.05, 4.69) is 0 Å². The molecular formula is C26H45NO6. The lowest BCUT2D eigenvalue weighted by molar-refractivity contribution is -0.197. The Morgan fingerprint density at radius 2 is 0.970 bits per heavy atom. The Balaban J connectivity index is 1.77. The molecule has 7 heteroatoms. The van der Waals surface area contributed by atoms with Crippen molar-refractivity contribution < 1.29 is 28.8 Å². The average molecular weight is 468 g/mol. The van der Waals surface area contributed by atoms with Crippen molar-refractivity contribution in [2.45, 2.75) is 142 Å². The number of hydroxylamine groups is 2. The van der Waals surface area contributed by atoms with Crippen molar-refractivity contribution >= 4 is 23.8 Å². The first-order valence-corrected chi connectivity index (χ1v) is 13.2. The van der Waals surface area contributed by atoms with E-state index >= 15 is 0 Å². The highest BCUT2D eigenvalue weighted by molar-refractivity contribution is 6.01. The van der Waals surface area contributed by atoms with E-state index in [1.54, 1.807) is 0 Å². The van der Waals surface area contributed by atoms with Crippen molar-refractivity contribution in [2.75, 3.05) is 0 Å². The maximum absolute atomic E-state index is 11.7. The van der Waals surface area contributed by atoms with E-state index in [1.165, 1.54) is 64.2 Å². The normalized spacial score (nSPS) is 13.7. The molecule has 2 amide bonds. The van der Waals surface area contributed by atoms with Crippen molar-refractivity contribution in [3.05, 3.63) is 0 Å². The number of hydrogen-bond donors (Lipinski definition) is 0. The largest absolute Gasteiger partial charge is 0.463 e. The third-order valence-electron chi connectivity index (χ3n) is 5.83. The molecule has 0 atom stereocenters. The van der Waals surface area contributed by atoms with Gasteiger partial charge in [-0.05, 0) is 26.7 Å². The molecule has 1 aliphatic heterocycles. The Bertz CT molecular complexity index is 573. The van der Waals surface area contributed by atoms with E-state index in [-0.39, 0.29) is 31.3 Å². The van der Waals surface area contributed by atoms with Gasteiger partial charge in [-0.25, -0.2) is 4.79 Å². The summed E-state index contributed by atoms with van der Waals surface area (Å²) in [5.41, 5.74) is 0. The van der Waals surface area contributed by atoms with Crippen LogP contribution in [-0.4, -0.2) is 34.9 Å². The van der Waals surface area contributed by atoms with Crippen LogP contribution in [-0.2, 0) is 28.8 Å². The lowest BCUT2D eigenvalue weighted by Crippen LogP contribution is -2.31. The molecule has 1 saturated heterocycles. The van der Waals surface area contributed by atoms with Crippen LogP contribution in [0.25, 0.3) is 0 Å².